The molecule has 2 N–H and O–H groups in total. The molecule has 0 aliphatic heterocycles. The van der Waals surface area contributed by atoms with Crippen molar-refractivity contribution in [2.45, 2.75) is 6.61 Å². The Bertz CT molecular complexity index is 470. The van der Waals surface area contributed by atoms with Crippen molar-refractivity contribution in [3.8, 4) is 17.0 Å². The molecule has 3 nitrogen and oxygen atoms in total. The Morgan fingerprint density at radius 1 is 1.25 bits per heavy atom. The summed E-state index contributed by atoms with van der Waals surface area (Å²) in [4.78, 5) is 4.11. The summed E-state index contributed by atoms with van der Waals surface area (Å²) in [6.45, 7) is -2.80. The molecule has 1 heterocycles. The predicted molar refractivity (Wildman–Crippen MR) is 58.9 cm³/mol. The molecule has 0 spiro atoms. The highest BCUT2D eigenvalue weighted by molar-refractivity contribution is 7.28. The van der Waals surface area contributed by atoms with E-state index in [2.05, 4.69) is 9.72 Å². The van der Waals surface area contributed by atoms with Crippen molar-refractivity contribution in [3.05, 3.63) is 35.2 Å². The monoisotopic (exact) mass is 243 g/mol. The van der Waals surface area contributed by atoms with Crippen LogP contribution in [0.25, 0.3) is 11.3 Å². The third-order valence-corrected chi connectivity index (χ3v) is 2.78. The van der Waals surface area contributed by atoms with Crippen LogP contribution in [-0.4, -0.2) is 11.6 Å². The Morgan fingerprint density at radius 2 is 1.94 bits per heavy atom. The summed E-state index contributed by atoms with van der Waals surface area (Å²) >= 11 is 0. The van der Waals surface area contributed by atoms with Gasteiger partial charge in [-0.1, -0.05) is 0 Å². The highest BCUT2D eigenvalue weighted by atomic mass is 32.2. The fourth-order valence-electron chi connectivity index (χ4n) is 1.26. The number of hydrogen-bond donors (Lipinski definition) is 1. The molecular formula is C10H9F2N2OS+. The number of thiazole rings is 1. The first kappa shape index (κ1) is 11.0. The van der Waals surface area contributed by atoms with Crippen molar-refractivity contribution in [2.24, 2.45) is 0 Å². The molecule has 0 aliphatic carbocycles. The van der Waals surface area contributed by atoms with E-state index in [9.17, 15) is 8.78 Å². The summed E-state index contributed by atoms with van der Waals surface area (Å²) in [5, 5.41) is 7.46. The van der Waals surface area contributed by atoms with E-state index in [4.69, 9.17) is 5.14 Å². The first-order valence-corrected chi connectivity index (χ1v) is 5.84. The lowest BCUT2D eigenvalue weighted by Crippen LogP contribution is -2.01. The van der Waals surface area contributed by atoms with Crippen molar-refractivity contribution < 1.29 is 13.5 Å². The molecule has 0 amide bonds. The van der Waals surface area contributed by atoms with E-state index in [1.807, 2.05) is 5.38 Å². The third kappa shape index (κ3) is 2.53. The zero-order valence-electron chi connectivity index (χ0n) is 8.14. The molecule has 2 aromatic rings. The van der Waals surface area contributed by atoms with Crippen LogP contribution in [0.15, 0.2) is 35.2 Å². The molecule has 0 aliphatic rings. The molecule has 2 rings (SSSR count). The van der Waals surface area contributed by atoms with Gasteiger partial charge < -0.3 is 4.74 Å². The number of ether oxygens (including phenoxy) is 1. The molecule has 6 heteroatoms. The largest absolute Gasteiger partial charge is 0.435 e. The number of aromatic nitrogens is 1. The summed E-state index contributed by atoms with van der Waals surface area (Å²) in [6, 6.07) is 6.29. The number of alkyl halides is 2. The standard InChI is InChI=1S/C10H9F2N2OS/c11-10(12)15-8-3-1-7(2-4-8)9-5-16(13)6-14-9/h1-6,10H,13H2/q+1. The van der Waals surface area contributed by atoms with Gasteiger partial charge in [-0.25, -0.2) is 0 Å². The van der Waals surface area contributed by atoms with Gasteiger partial charge >= 0.3 is 6.61 Å². The number of halogens is 2. The van der Waals surface area contributed by atoms with Crippen LogP contribution in [0.3, 0.4) is 0 Å². The first-order chi connectivity index (χ1) is 7.65. The van der Waals surface area contributed by atoms with Crippen molar-refractivity contribution in [2.75, 3.05) is 5.14 Å². The van der Waals surface area contributed by atoms with Crippen LogP contribution >= 0.6 is 10.7 Å². The molecule has 0 saturated carbocycles. The van der Waals surface area contributed by atoms with Crippen LogP contribution in [0, 0.1) is 0 Å². The second kappa shape index (κ2) is 4.54. The van der Waals surface area contributed by atoms with Crippen LogP contribution in [0.4, 0.5) is 8.78 Å². The van der Waals surface area contributed by atoms with Gasteiger partial charge in [0.05, 0.1) is 10.7 Å². The van der Waals surface area contributed by atoms with Gasteiger partial charge in [0.15, 0.2) is 5.38 Å². The summed E-state index contributed by atoms with van der Waals surface area (Å²) in [6.07, 6.45) is 0. The molecule has 16 heavy (non-hydrogen) atoms. The average molecular weight is 243 g/mol. The van der Waals surface area contributed by atoms with E-state index in [-0.39, 0.29) is 5.75 Å². The maximum Gasteiger partial charge on any atom is 0.387 e. The fourth-order valence-corrected chi connectivity index (χ4v) is 2.01. The number of rotatable bonds is 3. The van der Waals surface area contributed by atoms with Gasteiger partial charge in [-0.05, 0) is 24.3 Å². The quantitative estimate of drug-likeness (QED) is 0.843. The van der Waals surface area contributed by atoms with E-state index in [1.165, 1.54) is 12.1 Å². The van der Waals surface area contributed by atoms with Crippen molar-refractivity contribution in [1.29, 1.82) is 0 Å². The molecular weight excluding hydrogens is 234 g/mol. The smallest absolute Gasteiger partial charge is 0.387 e. The van der Waals surface area contributed by atoms with Crippen LogP contribution in [0.5, 0.6) is 5.75 Å². The molecule has 1 atom stereocenters. The normalized spacial score (nSPS) is 11.9. The van der Waals surface area contributed by atoms with Gasteiger partial charge in [0, 0.05) is 5.56 Å². The lowest BCUT2D eigenvalue weighted by Gasteiger charge is -2.03. The van der Waals surface area contributed by atoms with Gasteiger partial charge in [-0.15, -0.1) is 5.14 Å². The SMILES string of the molecule is N[s+]1cnc(-c2ccc(OC(F)F)cc2)c1. The van der Waals surface area contributed by atoms with Crippen molar-refractivity contribution in [1.82, 2.24) is 4.98 Å². The van der Waals surface area contributed by atoms with Gasteiger partial charge in [0.2, 0.25) is 0 Å². The molecule has 0 fully saturated rings. The Balaban J connectivity index is 2.19. The summed E-state index contributed by atoms with van der Waals surface area (Å²) in [7, 11) is -0.423. The number of nitrogens with zero attached hydrogens (tertiary/aromatic N) is 1. The van der Waals surface area contributed by atoms with E-state index in [0.29, 0.717) is 0 Å². The second-order valence-electron chi connectivity index (χ2n) is 3.05. The highest BCUT2D eigenvalue weighted by Gasteiger charge is 2.08. The van der Waals surface area contributed by atoms with E-state index >= 15 is 0 Å². The van der Waals surface area contributed by atoms with Gasteiger partial charge in [-0.3, -0.25) is 0 Å². The maximum atomic E-state index is 11.9. The van der Waals surface area contributed by atoms with Gasteiger partial charge in [0.25, 0.3) is 5.51 Å². The number of nitrogens with two attached hydrogens (primary N) is 1. The lowest BCUT2D eigenvalue weighted by molar-refractivity contribution is -0.0498. The van der Waals surface area contributed by atoms with Crippen LogP contribution in [0.2, 0.25) is 0 Å². The van der Waals surface area contributed by atoms with E-state index in [1.54, 1.807) is 17.6 Å². The minimum Gasteiger partial charge on any atom is -0.435 e. The fraction of sp³-hybridized carbons (Fsp3) is 0.100. The Morgan fingerprint density at radius 3 is 2.44 bits per heavy atom. The predicted octanol–water partition coefficient (Wildman–Crippen LogP) is 2.81. The molecule has 0 saturated heterocycles. The Hall–Kier alpha value is -1.53. The number of benzene rings is 1. The molecule has 0 bridgehead atoms. The third-order valence-electron chi connectivity index (χ3n) is 1.94. The molecule has 1 aromatic heterocycles. The van der Waals surface area contributed by atoms with Crippen LogP contribution in [-0.2, 0) is 0 Å². The molecule has 1 unspecified atom stereocenters. The molecule has 1 aromatic carbocycles. The van der Waals surface area contributed by atoms with Gasteiger partial charge in [0.1, 0.15) is 11.4 Å². The van der Waals surface area contributed by atoms with Crippen molar-refractivity contribution in [3.63, 3.8) is 0 Å². The topological polar surface area (TPSA) is 48.1 Å². The molecule has 84 valence electrons. The minimum absolute atomic E-state index is 0.132. The lowest BCUT2D eigenvalue weighted by atomic mass is 10.2. The van der Waals surface area contributed by atoms with Crippen LogP contribution < -0.4 is 9.88 Å². The zero-order chi connectivity index (χ0) is 11.5. The van der Waals surface area contributed by atoms with Crippen molar-refractivity contribution >= 4 is 10.7 Å². The average Bonchev–Trinajstić information content (AvgIpc) is 2.65. The van der Waals surface area contributed by atoms with Gasteiger partial charge in [-0.2, -0.15) is 13.8 Å². The summed E-state index contributed by atoms with van der Waals surface area (Å²) in [5.74, 6) is 0.132. The highest BCUT2D eigenvalue weighted by Crippen LogP contribution is 2.24. The summed E-state index contributed by atoms with van der Waals surface area (Å²) in [5.41, 5.74) is 3.24. The molecule has 0 radical (unpaired) electrons. The number of nitrogen functional groups attached to an aromatic ring is 1. The Kier molecular flexibility index (Phi) is 3.12. The summed E-state index contributed by atoms with van der Waals surface area (Å²) < 4.78 is 28.0. The Labute approximate surface area is 93.6 Å². The zero-order valence-corrected chi connectivity index (χ0v) is 8.95. The van der Waals surface area contributed by atoms with E-state index < -0.39 is 17.3 Å². The second-order valence-corrected chi connectivity index (χ2v) is 4.31. The minimum atomic E-state index is -2.80. The first-order valence-electron chi connectivity index (χ1n) is 4.43. The number of hydrogen-bond acceptors (Lipinski definition) is 3. The maximum absolute atomic E-state index is 11.9. The van der Waals surface area contributed by atoms with Crippen LogP contribution in [0.1, 0.15) is 0 Å². The van der Waals surface area contributed by atoms with E-state index in [0.717, 1.165) is 11.3 Å².